The summed E-state index contributed by atoms with van der Waals surface area (Å²) in [5.74, 6) is -0.291. The number of benzene rings is 1. The van der Waals surface area contributed by atoms with Gasteiger partial charge in [-0.25, -0.2) is 4.68 Å². The van der Waals surface area contributed by atoms with Crippen LogP contribution < -0.4 is 0 Å². The summed E-state index contributed by atoms with van der Waals surface area (Å²) < 4.78 is 2.52. The van der Waals surface area contributed by atoms with Gasteiger partial charge in [0.1, 0.15) is 0 Å². The fourth-order valence-corrected chi connectivity index (χ4v) is 2.36. The van der Waals surface area contributed by atoms with Crippen LogP contribution in [0.1, 0.15) is 24.9 Å². The van der Waals surface area contributed by atoms with Gasteiger partial charge in [0.15, 0.2) is 5.82 Å². The Morgan fingerprint density at radius 3 is 2.89 bits per heavy atom. The van der Waals surface area contributed by atoms with Crippen molar-refractivity contribution >= 4 is 21.9 Å². The molecule has 7 heteroatoms. The van der Waals surface area contributed by atoms with E-state index < -0.39 is 5.97 Å². The molecule has 1 aromatic carbocycles. The van der Waals surface area contributed by atoms with E-state index in [-0.39, 0.29) is 12.5 Å². The molecule has 0 radical (unpaired) electrons. The minimum Gasteiger partial charge on any atom is -0.481 e. The maximum absolute atomic E-state index is 10.8. The van der Waals surface area contributed by atoms with Crippen molar-refractivity contribution in [2.45, 2.75) is 26.3 Å². The lowest BCUT2D eigenvalue weighted by Gasteiger charge is -2.12. The van der Waals surface area contributed by atoms with Crippen molar-refractivity contribution in [2.75, 3.05) is 0 Å². The van der Waals surface area contributed by atoms with Gasteiger partial charge in [-0.3, -0.25) is 4.79 Å². The Hall–Kier alpha value is -1.76. The Bertz CT molecular complexity index is 612. The minimum atomic E-state index is -0.874. The summed E-state index contributed by atoms with van der Waals surface area (Å²) in [6.07, 6.45) is -0.0202. The van der Waals surface area contributed by atoms with Crippen LogP contribution in [-0.2, 0) is 4.79 Å². The zero-order valence-corrected chi connectivity index (χ0v) is 12.1. The highest BCUT2D eigenvalue weighted by Crippen LogP contribution is 2.26. The number of carboxylic acid groups (broad SMARTS) is 1. The lowest BCUT2D eigenvalue weighted by atomic mass is 10.1. The molecule has 100 valence electrons. The van der Waals surface area contributed by atoms with Crippen LogP contribution >= 0.6 is 15.9 Å². The van der Waals surface area contributed by atoms with Crippen LogP contribution in [0.3, 0.4) is 0 Å². The largest absolute Gasteiger partial charge is 0.481 e. The smallest absolute Gasteiger partial charge is 0.305 e. The van der Waals surface area contributed by atoms with Crippen LogP contribution in [-0.4, -0.2) is 31.3 Å². The molecule has 2 rings (SSSR count). The first kappa shape index (κ1) is 13.7. The summed E-state index contributed by atoms with van der Waals surface area (Å²) in [5.41, 5.74) is 1.92. The predicted octanol–water partition coefficient (Wildman–Crippen LogP) is 2.45. The molecule has 0 aliphatic carbocycles. The molecule has 6 nitrogen and oxygen atoms in total. The summed E-state index contributed by atoms with van der Waals surface area (Å²) >= 11 is 3.40. The van der Waals surface area contributed by atoms with Gasteiger partial charge in [0.05, 0.1) is 12.5 Å². The van der Waals surface area contributed by atoms with Crippen LogP contribution in [0.2, 0.25) is 0 Å². The number of aryl methyl sites for hydroxylation is 1. The van der Waals surface area contributed by atoms with E-state index in [0.29, 0.717) is 5.82 Å². The molecule has 0 spiro atoms. The monoisotopic (exact) mass is 324 g/mol. The molecule has 0 saturated heterocycles. The summed E-state index contributed by atoms with van der Waals surface area (Å²) in [4.78, 5) is 10.8. The Morgan fingerprint density at radius 1 is 1.53 bits per heavy atom. The molecular formula is C12H13BrN4O2. The fraction of sp³-hybridized carbons (Fsp3) is 0.333. The first-order valence-corrected chi connectivity index (χ1v) is 6.54. The van der Waals surface area contributed by atoms with Gasteiger partial charge in [0, 0.05) is 10.0 Å². The zero-order chi connectivity index (χ0) is 14.0. The van der Waals surface area contributed by atoms with Gasteiger partial charge in [-0.05, 0) is 48.0 Å². The number of hydrogen-bond donors (Lipinski definition) is 1. The Morgan fingerprint density at radius 2 is 2.26 bits per heavy atom. The summed E-state index contributed by atoms with van der Waals surface area (Å²) in [7, 11) is 0. The Labute approximate surface area is 118 Å². The first-order chi connectivity index (χ1) is 8.99. The highest BCUT2D eigenvalue weighted by atomic mass is 79.9. The zero-order valence-electron chi connectivity index (χ0n) is 10.5. The van der Waals surface area contributed by atoms with E-state index in [0.717, 1.165) is 15.6 Å². The lowest BCUT2D eigenvalue weighted by Crippen LogP contribution is -2.13. The highest BCUT2D eigenvalue weighted by Gasteiger charge is 2.18. The van der Waals surface area contributed by atoms with Crippen LogP contribution in [0.5, 0.6) is 0 Å². The lowest BCUT2D eigenvalue weighted by molar-refractivity contribution is -0.137. The molecule has 0 aliphatic heterocycles. The Balaban J connectivity index is 2.41. The molecule has 1 unspecified atom stereocenters. The van der Waals surface area contributed by atoms with Crippen molar-refractivity contribution in [3.63, 3.8) is 0 Å². The number of carboxylic acids is 1. The van der Waals surface area contributed by atoms with Crippen LogP contribution in [0, 0.1) is 6.92 Å². The summed E-state index contributed by atoms with van der Waals surface area (Å²) in [6, 6.07) is 5.49. The van der Waals surface area contributed by atoms with E-state index >= 15 is 0 Å². The van der Waals surface area contributed by atoms with E-state index in [2.05, 4.69) is 31.5 Å². The van der Waals surface area contributed by atoms with Gasteiger partial charge in [-0.1, -0.05) is 15.9 Å². The highest BCUT2D eigenvalue weighted by molar-refractivity contribution is 9.10. The quantitative estimate of drug-likeness (QED) is 0.934. The maximum atomic E-state index is 10.8. The number of halogens is 1. The number of aliphatic carboxylic acids is 1. The molecule has 0 amide bonds. The van der Waals surface area contributed by atoms with E-state index in [1.807, 2.05) is 25.1 Å². The van der Waals surface area contributed by atoms with Gasteiger partial charge in [0.2, 0.25) is 0 Å². The van der Waals surface area contributed by atoms with Crippen LogP contribution in [0.15, 0.2) is 22.7 Å². The number of nitrogens with zero attached hydrogens (tertiary/aromatic N) is 4. The molecule has 1 N–H and O–H groups in total. The normalized spacial score (nSPS) is 12.4. The number of carbonyl (C=O) groups is 1. The molecule has 1 aromatic heterocycles. The summed E-state index contributed by atoms with van der Waals surface area (Å²) in [5, 5.41) is 20.4. The Kier molecular flexibility index (Phi) is 3.94. The van der Waals surface area contributed by atoms with Gasteiger partial charge in [-0.15, -0.1) is 5.10 Å². The molecule has 0 aliphatic rings. The van der Waals surface area contributed by atoms with Crippen molar-refractivity contribution in [3.05, 3.63) is 28.2 Å². The van der Waals surface area contributed by atoms with Crippen molar-refractivity contribution < 1.29 is 9.90 Å². The molecule has 19 heavy (non-hydrogen) atoms. The maximum Gasteiger partial charge on any atom is 0.305 e. The molecule has 1 heterocycles. The second-order valence-corrected chi connectivity index (χ2v) is 5.27. The molecule has 0 bridgehead atoms. The second kappa shape index (κ2) is 5.48. The van der Waals surface area contributed by atoms with Crippen LogP contribution in [0.25, 0.3) is 11.4 Å². The van der Waals surface area contributed by atoms with E-state index in [4.69, 9.17) is 5.11 Å². The van der Waals surface area contributed by atoms with Crippen LogP contribution in [0.4, 0.5) is 0 Å². The fourth-order valence-electron chi connectivity index (χ4n) is 1.88. The number of aromatic nitrogens is 4. The number of tetrazole rings is 1. The summed E-state index contributed by atoms with van der Waals surface area (Å²) in [6.45, 7) is 3.74. The minimum absolute atomic E-state index is 0.0202. The molecule has 0 saturated carbocycles. The SMILES string of the molecule is Cc1cc(Br)ccc1-c1nnnn1C(C)CC(=O)O. The average Bonchev–Trinajstić information content (AvgIpc) is 2.76. The standard InChI is InChI=1S/C12H13BrN4O2/c1-7-5-9(13)3-4-10(7)12-14-15-16-17(12)8(2)6-11(18)19/h3-5,8H,6H2,1-2H3,(H,18,19). The molecule has 2 aromatic rings. The van der Waals surface area contributed by atoms with Crippen molar-refractivity contribution in [2.24, 2.45) is 0 Å². The molecule has 0 fully saturated rings. The van der Waals surface area contributed by atoms with Gasteiger partial charge < -0.3 is 5.11 Å². The van der Waals surface area contributed by atoms with Crippen molar-refractivity contribution in [3.8, 4) is 11.4 Å². The predicted molar refractivity (Wildman–Crippen MR) is 72.7 cm³/mol. The number of hydrogen-bond acceptors (Lipinski definition) is 4. The van der Waals surface area contributed by atoms with E-state index in [9.17, 15) is 4.79 Å². The van der Waals surface area contributed by atoms with Gasteiger partial charge >= 0.3 is 5.97 Å². The van der Waals surface area contributed by atoms with Gasteiger partial charge in [0.25, 0.3) is 0 Å². The molecular weight excluding hydrogens is 312 g/mol. The van der Waals surface area contributed by atoms with Gasteiger partial charge in [-0.2, -0.15) is 0 Å². The third-order valence-corrected chi connectivity index (χ3v) is 3.30. The first-order valence-electron chi connectivity index (χ1n) is 5.75. The topological polar surface area (TPSA) is 80.9 Å². The molecule has 1 atom stereocenters. The third-order valence-electron chi connectivity index (χ3n) is 2.81. The number of rotatable bonds is 4. The third kappa shape index (κ3) is 2.98. The van der Waals surface area contributed by atoms with E-state index in [1.165, 1.54) is 0 Å². The van der Waals surface area contributed by atoms with E-state index in [1.54, 1.807) is 11.6 Å². The van der Waals surface area contributed by atoms with Crippen molar-refractivity contribution in [1.29, 1.82) is 0 Å². The van der Waals surface area contributed by atoms with Crippen molar-refractivity contribution in [1.82, 2.24) is 20.2 Å². The average molecular weight is 325 g/mol. The second-order valence-electron chi connectivity index (χ2n) is 4.35.